The summed E-state index contributed by atoms with van der Waals surface area (Å²) in [5, 5.41) is 0. The van der Waals surface area contributed by atoms with E-state index in [1.165, 1.54) is 17.5 Å². The van der Waals surface area contributed by atoms with Crippen molar-refractivity contribution in [1.29, 1.82) is 0 Å². The first-order chi connectivity index (χ1) is 8.75. The lowest BCUT2D eigenvalue weighted by Gasteiger charge is -2.09. The standard InChI is InChI=1S/C15H19N3/c1-18(2)9-3-4-13-5-7-14(8-6-13)15-10-16-12-17-11-15/h5-8,10-12H,3-4,9H2,1-2H3. The van der Waals surface area contributed by atoms with Gasteiger partial charge in [0.1, 0.15) is 6.33 Å². The van der Waals surface area contributed by atoms with E-state index in [9.17, 15) is 0 Å². The minimum atomic E-state index is 1.07. The molecule has 0 radical (unpaired) electrons. The molecule has 0 fully saturated rings. The lowest BCUT2D eigenvalue weighted by Crippen LogP contribution is -2.13. The first-order valence-corrected chi connectivity index (χ1v) is 6.25. The third-order valence-electron chi connectivity index (χ3n) is 2.92. The van der Waals surface area contributed by atoms with Gasteiger partial charge in [-0.2, -0.15) is 0 Å². The van der Waals surface area contributed by atoms with Gasteiger partial charge >= 0.3 is 0 Å². The minimum Gasteiger partial charge on any atom is -0.309 e. The molecule has 0 bridgehead atoms. The van der Waals surface area contributed by atoms with E-state index < -0.39 is 0 Å². The average Bonchev–Trinajstić information content (AvgIpc) is 2.40. The summed E-state index contributed by atoms with van der Waals surface area (Å²) in [6.45, 7) is 1.13. The van der Waals surface area contributed by atoms with Crippen LogP contribution in [0, 0.1) is 0 Å². The van der Waals surface area contributed by atoms with E-state index in [1.54, 1.807) is 6.33 Å². The molecule has 3 nitrogen and oxygen atoms in total. The topological polar surface area (TPSA) is 29.0 Å². The van der Waals surface area contributed by atoms with Crippen molar-refractivity contribution in [1.82, 2.24) is 14.9 Å². The molecule has 2 aromatic rings. The zero-order valence-electron chi connectivity index (χ0n) is 11.0. The van der Waals surface area contributed by atoms with Crippen LogP contribution in [-0.4, -0.2) is 35.5 Å². The molecule has 0 saturated carbocycles. The summed E-state index contributed by atoms with van der Waals surface area (Å²) >= 11 is 0. The van der Waals surface area contributed by atoms with Crippen LogP contribution < -0.4 is 0 Å². The Bertz CT molecular complexity index is 463. The van der Waals surface area contributed by atoms with Crippen molar-refractivity contribution < 1.29 is 0 Å². The zero-order chi connectivity index (χ0) is 12.8. The molecule has 0 aliphatic heterocycles. The van der Waals surface area contributed by atoms with E-state index in [0.29, 0.717) is 0 Å². The number of aromatic nitrogens is 2. The Labute approximate surface area is 109 Å². The Morgan fingerprint density at radius 2 is 1.61 bits per heavy atom. The number of benzene rings is 1. The van der Waals surface area contributed by atoms with Crippen molar-refractivity contribution >= 4 is 0 Å². The van der Waals surface area contributed by atoms with Crippen LogP contribution in [0.25, 0.3) is 11.1 Å². The summed E-state index contributed by atoms with van der Waals surface area (Å²) < 4.78 is 0. The van der Waals surface area contributed by atoms with Gasteiger partial charge in [-0.05, 0) is 44.6 Å². The molecular formula is C15H19N3. The molecule has 0 aliphatic rings. The third kappa shape index (κ3) is 3.64. The minimum absolute atomic E-state index is 1.07. The fraction of sp³-hybridized carbons (Fsp3) is 0.333. The maximum Gasteiger partial charge on any atom is 0.115 e. The Balaban J connectivity index is 1.98. The summed E-state index contributed by atoms with van der Waals surface area (Å²) in [6.07, 6.45) is 7.56. The number of aryl methyl sites for hydroxylation is 1. The molecule has 2 rings (SSSR count). The molecule has 94 valence electrons. The van der Waals surface area contributed by atoms with Crippen LogP contribution in [0.15, 0.2) is 43.0 Å². The van der Waals surface area contributed by atoms with Gasteiger partial charge in [-0.3, -0.25) is 0 Å². The monoisotopic (exact) mass is 241 g/mol. The molecule has 0 spiro atoms. The lowest BCUT2D eigenvalue weighted by atomic mass is 10.0. The smallest absolute Gasteiger partial charge is 0.115 e. The molecule has 1 aromatic heterocycles. The highest BCUT2D eigenvalue weighted by Crippen LogP contribution is 2.18. The van der Waals surface area contributed by atoms with Crippen molar-refractivity contribution in [2.75, 3.05) is 20.6 Å². The average molecular weight is 241 g/mol. The Kier molecular flexibility index (Phi) is 4.42. The summed E-state index contributed by atoms with van der Waals surface area (Å²) in [5.41, 5.74) is 3.63. The van der Waals surface area contributed by atoms with Crippen LogP contribution in [0.4, 0.5) is 0 Å². The van der Waals surface area contributed by atoms with Crippen molar-refractivity contribution in [3.05, 3.63) is 48.5 Å². The summed E-state index contributed by atoms with van der Waals surface area (Å²) in [7, 11) is 4.22. The SMILES string of the molecule is CN(C)CCCc1ccc(-c2cncnc2)cc1. The van der Waals surface area contributed by atoms with E-state index in [4.69, 9.17) is 0 Å². The highest BCUT2D eigenvalue weighted by Gasteiger charge is 1.99. The molecule has 0 saturated heterocycles. The van der Waals surface area contributed by atoms with E-state index in [0.717, 1.165) is 18.5 Å². The molecule has 0 N–H and O–H groups in total. The maximum absolute atomic E-state index is 4.04. The molecule has 0 amide bonds. The Hall–Kier alpha value is -1.74. The Morgan fingerprint density at radius 3 is 2.22 bits per heavy atom. The maximum atomic E-state index is 4.04. The van der Waals surface area contributed by atoms with Crippen molar-refractivity contribution in [3.63, 3.8) is 0 Å². The van der Waals surface area contributed by atoms with Gasteiger partial charge < -0.3 is 4.90 Å². The van der Waals surface area contributed by atoms with Gasteiger partial charge in [-0.1, -0.05) is 24.3 Å². The Morgan fingerprint density at radius 1 is 0.944 bits per heavy atom. The van der Waals surface area contributed by atoms with Crippen LogP contribution in [-0.2, 0) is 6.42 Å². The van der Waals surface area contributed by atoms with Gasteiger partial charge in [-0.15, -0.1) is 0 Å². The van der Waals surface area contributed by atoms with Gasteiger partial charge in [0.15, 0.2) is 0 Å². The molecule has 0 unspecified atom stereocenters. The largest absolute Gasteiger partial charge is 0.309 e. The summed E-state index contributed by atoms with van der Waals surface area (Å²) in [4.78, 5) is 10.3. The number of nitrogens with zero attached hydrogens (tertiary/aromatic N) is 3. The van der Waals surface area contributed by atoms with E-state index in [-0.39, 0.29) is 0 Å². The molecule has 0 aliphatic carbocycles. The predicted octanol–water partition coefficient (Wildman–Crippen LogP) is 2.64. The van der Waals surface area contributed by atoms with Gasteiger partial charge in [0, 0.05) is 18.0 Å². The first kappa shape index (κ1) is 12.7. The number of hydrogen-bond acceptors (Lipinski definition) is 3. The summed E-state index contributed by atoms with van der Waals surface area (Å²) in [5.74, 6) is 0. The highest BCUT2D eigenvalue weighted by atomic mass is 15.0. The van der Waals surface area contributed by atoms with Crippen molar-refractivity contribution in [2.45, 2.75) is 12.8 Å². The van der Waals surface area contributed by atoms with Crippen LogP contribution >= 0.6 is 0 Å². The summed E-state index contributed by atoms with van der Waals surface area (Å²) in [6, 6.07) is 8.67. The second-order valence-electron chi connectivity index (χ2n) is 4.73. The third-order valence-corrected chi connectivity index (χ3v) is 2.92. The van der Waals surface area contributed by atoms with Gasteiger partial charge in [0.2, 0.25) is 0 Å². The van der Waals surface area contributed by atoms with Crippen LogP contribution in [0.1, 0.15) is 12.0 Å². The van der Waals surface area contributed by atoms with E-state index in [2.05, 4.69) is 53.2 Å². The van der Waals surface area contributed by atoms with Gasteiger partial charge in [0.05, 0.1) is 0 Å². The predicted molar refractivity (Wildman–Crippen MR) is 74.3 cm³/mol. The molecule has 3 heteroatoms. The second kappa shape index (κ2) is 6.26. The normalized spacial score (nSPS) is 10.8. The van der Waals surface area contributed by atoms with Gasteiger partial charge in [0.25, 0.3) is 0 Å². The molecule has 1 aromatic carbocycles. The molecular weight excluding hydrogens is 222 g/mol. The van der Waals surface area contributed by atoms with Crippen LogP contribution in [0.2, 0.25) is 0 Å². The van der Waals surface area contributed by atoms with Crippen molar-refractivity contribution in [2.24, 2.45) is 0 Å². The highest BCUT2D eigenvalue weighted by molar-refractivity contribution is 5.61. The van der Waals surface area contributed by atoms with E-state index >= 15 is 0 Å². The number of rotatable bonds is 5. The fourth-order valence-electron chi connectivity index (χ4n) is 1.91. The van der Waals surface area contributed by atoms with Crippen LogP contribution in [0.3, 0.4) is 0 Å². The fourth-order valence-corrected chi connectivity index (χ4v) is 1.91. The van der Waals surface area contributed by atoms with E-state index in [1.807, 2.05) is 12.4 Å². The molecule has 1 heterocycles. The quantitative estimate of drug-likeness (QED) is 0.806. The molecule has 18 heavy (non-hydrogen) atoms. The first-order valence-electron chi connectivity index (χ1n) is 6.25. The lowest BCUT2D eigenvalue weighted by molar-refractivity contribution is 0.400. The number of hydrogen-bond donors (Lipinski definition) is 0. The second-order valence-corrected chi connectivity index (χ2v) is 4.73. The van der Waals surface area contributed by atoms with Crippen LogP contribution in [0.5, 0.6) is 0 Å². The van der Waals surface area contributed by atoms with Crippen molar-refractivity contribution in [3.8, 4) is 11.1 Å². The molecule has 0 atom stereocenters. The zero-order valence-corrected chi connectivity index (χ0v) is 11.0. The van der Waals surface area contributed by atoms with Gasteiger partial charge in [-0.25, -0.2) is 9.97 Å².